The summed E-state index contributed by atoms with van der Waals surface area (Å²) in [6, 6.07) is 6.24. The molecule has 0 aromatic heterocycles. The molecule has 0 saturated heterocycles. The first-order chi connectivity index (χ1) is 5.25. The minimum Gasteiger partial charge on any atom is -0.507 e. The van der Waals surface area contributed by atoms with Gasteiger partial charge in [0.25, 0.3) is 0 Å². The predicted molar refractivity (Wildman–Crippen MR) is 45.2 cm³/mol. The zero-order valence-corrected chi connectivity index (χ0v) is 10.2. The summed E-state index contributed by atoms with van der Waals surface area (Å²) in [5, 5.41) is 9.11. The smallest absolute Gasteiger partial charge is 0.341 e. The summed E-state index contributed by atoms with van der Waals surface area (Å²) in [4.78, 5) is 10.9. The summed E-state index contributed by atoms with van der Waals surface area (Å²) in [7, 11) is 1.27. The molecule has 3 nitrogen and oxygen atoms in total. The van der Waals surface area contributed by atoms with Crippen LogP contribution < -0.4 is 0 Å². The summed E-state index contributed by atoms with van der Waals surface area (Å²) in [5.41, 5.74) is 0.190. The molecular formula is C8H8KO3. The number of hydrogen-bond acceptors (Lipinski definition) is 3. The van der Waals surface area contributed by atoms with Crippen LogP contribution in [0.15, 0.2) is 24.3 Å². The molecule has 1 rings (SSSR count). The number of ether oxygens (including phenoxy) is 1. The molecule has 4 heteroatoms. The van der Waals surface area contributed by atoms with Crippen molar-refractivity contribution in [2.45, 2.75) is 0 Å². The Balaban J connectivity index is 0.00000121. The van der Waals surface area contributed by atoms with E-state index in [1.54, 1.807) is 12.1 Å². The van der Waals surface area contributed by atoms with Crippen LogP contribution >= 0.6 is 0 Å². The Kier molecular flexibility index (Phi) is 5.78. The fourth-order valence-corrected chi connectivity index (χ4v) is 0.756. The number of aromatic hydroxyl groups is 1. The van der Waals surface area contributed by atoms with Crippen molar-refractivity contribution in [3.8, 4) is 5.75 Å². The van der Waals surface area contributed by atoms with Gasteiger partial charge in [-0.15, -0.1) is 0 Å². The van der Waals surface area contributed by atoms with E-state index in [4.69, 9.17) is 5.11 Å². The first kappa shape index (κ1) is 12.1. The first-order valence-electron chi connectivity index (χ1n) is 3.12. The van der Waals surface area contributed by atoms with Crippen molar-refractivity contribution >= 4 is 57.4 Å². The summed E-state index contributed by atoms with van der Waals surface area (Å²) in [5.74, 6) is -0.581. The van der Waals surface area contributed by atoms with E-state index in [0.717, 1.165) is 0 Å². The molecule has 1 aromatic rings. The molecule has 0 saturated carbocycles. The van der Waals surface area contributed by atoms with Crippen LogP contribution in [0.1, 0.15) is 10.4 Å². The van der Waals surface area contributed by atoms with Gasteiger partial charge in [-0.05, 0) is 12.1 Å². The molecule has 0 aliphatic rings. The van der Waals surface area contributed by atoms with Gasteiger partial charge in [0.2, 0.25) is 0 Å². The van der Waals surface area contributed by atoms with Gasteiger partial charge in [0, 0.05) is 51.4 Å². The molecular weight excluding hydrogens is 183 g/mol. The standard InChI is InChI=1S/C8H8O3.K/c1-11-8(10)6-4-2-3-5-7(6)9;/h2-5,9H,1H3;. The number of carbonyl (C=O) groups excluding carboxylic acids is 1. The maximum absolute atomic E-state index is 10.9. The molecule has 12 heavy (non-hydrogen) atoms. The number of esters is 1. The molecule has 0 atom stereocenters. The zero-order chi connectivity index (χ0) is 8.27. The topological polar surface area (TPSA) is 46.5 Å². The van der Waals surface area contributed by atoms with Crippen LogP contribution in [0.5, 0.6) is 5.75 Å². The monoisotopic (exact) mass is 191 g/mol. The second kappa shape index (κ2) is 5.72. The van der Waals surface area contributed by atoms with Crippen molar-refractivity contribution in [1.82, 2.24) is 0 Å². The molecule has 0 bridgehead atoms. The molecule has 0 heterocycles. The largest absolute Gasteiger partial charge is 0.507 e. The van der Waals surface area contributed by atoms with Gasteiger partial charge in [0.05, 0.1) is 7.11 Å². The van der Waals surface area contributed by atoms with Crippen molar-refractivity contribution in [3.63, 3.8) is 0 Å². The molecule has 1 N–H and O–H groups in total. The van der Waals surface area contributed by atoms with Gasteiger partial charge in [-0.1, -0.05) is 12.1 Å². The van der Waals surface area contributed by atoms with Gasteiger partial charge in [-0.2, -0.15) is 0 Å². The molecule has 0 unspecified atom stereocenters. The number of benzene rings is 1. The molecule has 1 aromatic carbocycles. The third-order valence-electron chi connectivity index (χ3n) is 1.31. The van der Waals surface area contributed by atoms with E-state index >= 15 is 0 Å². The van der Waals surface area contributed by atoms with E-state index in [1.807, 2.05) is 0 Å². The van der Waals surface area contributed by atoms with Crippen LogP contribution in [0.4, 0.5) is 0 Å². The SMILES string of the molecule is COC(=O)c1ccccc1O.[K]. The van der Waals surface area contributed by atoms with Gasteiger partial charge in [-0.3, -0.25) is 0 Å². The van der Waals surface area contributed by atoms with Crippen molar-refractivity contribution in [2.24, 2.45) is 0 Å². The number of rotatable bonds is 1. The third-order valence-corrected chi connectivity index (χ3v) is 1.31. The second-order valence-electron chi connectivity index (χ2n) is 2.01. The Morgan fingerprint density at radius 2 is 2.00 bits per heavy atom. The Morgan fingerprint density at radius 1 is 1.42 bits per heavy atom. The van der Waals surface area contributed by atoms with Crippen LogP contribution in [0.2, 0.25) is 0 Å². The van der Waals surface area contributed by atoms with E-state index in [1.165, 1.54) is 19.2 Å². The fraction of sp³-hybridized carbons (Fsp3) is 0.125. The predicted octanol–water partition coefficient (Wildman–Crippen LogP) is 0.798. The quantitative estimate of drug-likeness (QED) is 0.527. The van der Waals surface area contributed by atoms with E-state index in [2.05, 4.69) is 4.74 Å². The number of phenols is 1. The van der Waals surface area contributed by atoms with Gasteiger partial charge in [-0.25, -0.2) is 4.79 Å². The summed E-state index contributed by atoms with van der Waals surface area (Å²) in [6.45, 7) is 0. The average molecular weight is 191 g/mol. The first-order valence-corrected chi connectivity index (χ1v) is 3.12. The van der Waals surface area contributed by atoms with Gasteiger partial charge in [0.1, 0.15) is 11.3 Å². The number of carbonyl (C=O) groups is 1. The maximum Gasteiger partial charge on any atom is 0.341 e. The summed E-state index contributed by atoms with van der Waals surface area (Å²) < 4.78 is 4.42. The molecule has 0 amide bonds. The van der Waals surface area contributed by atoms with Crippen LogP contribution in [0.25, 0.3) is 0 Å². The third kappa shape index (κ3) is 2.88. The van der Waals surface area contributed by atoms with Gasteiger partial charge < -0.3 is 9.84 Å². The number of para-hydroxylation sites is 1. The van der Waals surface area contributed by atoms with Crippen LogP contribution in [0.3, 0.4) is 0 Å². The Bertz CT molecular complexity index is 273. The van der Waals surface area contributed by atoms with E-state index in [9.17, 15) is 4.79 Å². The maximum atomic E-state index is 10.9. The molecule has 0 aliphatic heterocycles. The fourth-order valence-electron chi connectivity index (χ4n) is 0.756. The summed E-state index contributed by atoms with van der Waals surface area (Å²) in [6.07, 6.45) is 0. The normalized spacial score (nSPS) is 8.42. The Hall–Kier alpha value is 0.126. The molecule has 0 aliphatic carbocycles. The minimum atomic E-state index is -0.525. The zero-order valence-electron chi connectivity index (χ0n) is 7.07. The van der Waals surface area contributed by atoms with Crippen LogP contribution in [-0.2, 0) is 4.74 Å². The molecule has 0 fully saturated rings. The van der Waals surface area contributed by atoms with Crippen LogP contribution in [0, 0.1) is 0 Å². The Morgan fingerprint density at radius 3 is 2.50 bits per heavy atom. The molecule has 1 radical (unpaired) electrons. The van der Waals surface area contributed by atoms with Gasteiger partial charge in [0.15, 0.2) is 0 Å². The average Bonchev–Trinajstić information content (AvgIpc) is 2.04. The Labute approximate surface area is 113 Å². The van der Waals surface area contributed by atoms with Crippen LogP contribution in [-0.4, -0.2) is 69.6 Å². The number of methoxy groups -OCH3 is 1. The second-order valence-corrected chi connectivity index (χ2v) is 2.01. The summed E-state index contributed by atoms with van der Waals surface area (Å²) >= 11 is 0. The molecule has 0 spiro atoms. The van der Waals surface area contributed by atoms with Crippen molar-refractivity contribution in [2.75, 3.05) is 7.11 Å². The number of phenolic OH excluding ortho intramolecular Hbond substituents is 1. The number of hydrogen-bond donors (Lipinski definition) is 1. The van der Waals surface area contributed by atoms with E-state index in [-0.39, 0.29) is 62.7 Å². The van der Waals surface area contributed by atoms with E-state index < -0.39 is 5.97 Å². The molecule has 59 valence electrons. The van der Waals surface area contributed by atoms with E-state index in [0.29, 0.717) is 0 Å². The minimum absolute atomic E-state index is 0. The van der Waals surface area contributed by atoms with Crippen molar-refractivity contribution < 1.29 is 14.6 Å². The van der Waals surface area contributed by atoms with Crippen molar-refractivity contribution in [1.29, 1.82) is 0 Å². The van der Waals surface area contributed by atoms with Crippen molar-refractivity contribution in [3.05, 3.63) is 29.8 Å². The van der Waals surface area contributed by atoms with Gasteiger partial charge >= 0.3 is 5.97 Å².